The molecule has 9 heteroatoms. The number of hydrogen-bond donors (Lipinski definition) is 1. The number of hydrogen-bond acceptors (Lipinski definition) is 8. The number of rotatable bonds is 2. The average molecular weight is 468 g/mol. The summed E-state index contributed by atoms with van der Waals surface area (Å²) in [6.07, 6.45) is 5.10. The van der Waals surface area contributed by atoms with Gasteiger partial charge < -0.3 is 29.3 Å². The topological polar surface area (TPSA) is 89.0 Å². The minimum absolute atomic E-state index is 0.241. The van der Waals surface area contributed by atoms with Crippen molar-refractivity contribution >= 4 is 23.3 Å². The lowest BCUT2D eigenvalue weighted by Crippen LogP contribution is -2.41. The average Bonchev–Trinajstić information content (AvgIpc) is 3.02. The van der Waals surface area contributed by atoms with E-state index < -0.39 is 5.60 Å². The highest BCUT2D eigenvalue weighted by Gasteiger charge is 2.29. The summed E-state index contributed by atoms with van der Waals surface area (Å²) in [6, 6.07) is 4.12. The summed E-state index contributed by atoms with van der Waals surface area (Å²) in [6.45, 7) is 10.6. The summed E-state index contributed by atoms with van der Waals surface area (Å²) in [5.74, 6) is 1.82. The van der Waals surface area contributed by atoms with Gasteiger partial charge in [0.05, 0.1) is 30.7 Å². The number of carbonyl (C=O) groups is 1. The third-order valence-corrected chi connectivity index (χ3v) is 6.46. The Morgan fingerprint density at radius 1 is 1.15 bits per heavy atom. The normalized spacial score (nSPS) is 18.8. The molecule has 0 radical (unpaired) electrons. The van der Waals surface area contributed by atoms with Crippen molar-refractivity contribution in [2.45, 2.75) is 51.7 Å². The molecule has 0 atom stereocenters. The molecule has 3 aliphatic heterocycles. The molecule has 3 aliphatic rings. The molecule has 0 aliphatic carbocycles. The van der Waals surface area contributed by atoms with Crippen LogP contribution in [-0.2, 0) is 16.1 Å². The quantitative estimate of drug-likeness (QED) is 0.707. The third kappa shape index (κ3) is 4.89. The minimum Gasteiger partial charge on any atom is -0.485 e. The zero-order valence-electron chi connectivity index (χ0n) is 20.2. The number of amides is 1. The Morgan fingerprint density at radius 2 is 1.91 bits per heavy atom. The number of pyridine rings is 2. The van der Waals surface area contributed by atoms with Gasteiger partial charge in [-0.05, 0) is 45.7 Å². The van der Waals surface area contributed by atoms with E-state index in [4.69, 9.17) is 19.2 Å². The van der Waals surface area contributed by atoms with E-state index in [0.29, 0.717) is 19.7 Å². The van der Waals surface area contributed by atoms with Gasteiger partial charge in [0.2, 0.25) is 0 Å². The van der Waals surface area contributed by atoms with Crippen LogP contribution in [0.5, 0.6) is 5.75 Å². The highest BCUT2D eigenvalue weighted by molar-refractivity contribution is 5.73. The molecule has 0 saturated carbocycles. The molecule has 2 fully saturated rings. The third-order valence-electron chi connectivity index (χ3n) is 6.46. The Balaban J connectivity index is 1.30. The first kappa shape index (κ1) is 22.7. The second-order valence-electron chi connectivity index (χ2n) is 10.0. The summed E-state index contributed by atoms with van der Waals surface area (Å²) in [7, 11) is 0. The number of nitrogens with one attached hydrogen (secondary N) is 1. The van der Waals surface area contributed by atoms with Crippen molar-refractivity contribution in [3.63, 3.8) is 0 Å². The molecule has 0 unspecified atom stereocenters. The van der Waals surface area contributed by atoms with E-state index in [1.165, 1.54) is 0 Å². The van der Waals surface area contributed by atoms with Crippen LogP contribution in [0.2, 0.25) is 0 Å². The van der Waals surface area contributed by atoms with Gasteiger partial charge in [-0.15, -0.1) is 0 Å². The van der Waals surface area contributed by atoms with Gasteiger partial charge in [-0.25, -0.2) is 9.78 Å². The molecular weight excluding hydrogens is 434 g/mol. The molecule has 34 heavy (non-hydrogen) atoms. The fourth-order valence-corrected chi connectivity index (χ4v) is 4.69. The smallest absolute Gasteiger partial charge is 0.410 e. The lowest BCUT2D eigenvalue weighted by molar-refractivity contribution is 0.0204. The molecule has 1 N–H and O–H groups in total. The van der Waals surface area contributed by atoms with Gasteiger partial charge in [0, 0.05) is 49.7 Å². The highest BCUT2D eigenvalue weighted by atomic mass is 16.6. The van der Waals surface area contributed by atoms with E-state index in [1.807, 2.05) is 33.0 Å². The number of anilines is 3. The van der Waals surface area contributed by atoms with Gasteiger partial charge in [-0.1, -0.05) is 0 Å². The van der Waals surface area contributed by atoms with E-state index in [2.05, 4.69) is 21.3 Å². The molecule has 0 aromatic carbocycles. The predicted octanol–water partition coefficient (Wildman–Crippen LogP) is 4.06. The summed E-state index contributed by atoms with van der Waals surface area (Å²) in [5, 5.41) is 3.50. The standard InChI is InChI=1S/C25H33N5O4/c1-25(2,3)34-24(31)30-8-5-17(6-9-30)19-14-20-22(15-27-19)33-16-18-21(4-7-26-23(18)28-20)29-10-12-32-13-11-29/h4,7,14-15,17H,5-6,8-13,16H2,1-3H3,(H,26,28). The molecule has 5 heterocycles. The molecular formula is C25H33N5O4. The van der Waals surface area contributed by atoms with Gasteiger partial charge in [-0.2, -0.15) is 0 Å². The monoisotopic (exact) mass is 467 g/mol. The maximum Gasteiger partial charge on any atom is 0.410 e. The SMILES string of the molecule is CC(C)(C)OC(=O)N1CCC(c2cc3c(cn2)OCc2c(N4CCOCC4)ccnc2N3)CC1. The van der Waals surface area contributed by atoms with Crippen molar-refractivity contribution in [3.05, 3.63) is 35.8 Å². The zero-order chi connectivity index (χ0) is 23.7. The van der Waals surface area contributed by atoms with Crippen molar-refractivity contribution in [2.75, 3.05) is 49.6 Å². The first-order chi connectivity index (χ1) is 16.4. The maximum atomic E-state index is 12.4. The number of ether oxygens (including phenoxy) is 3. The number of nitrogens with zero attached hydrogens (tertiary/aromatic N) is 4. The maximum absolute atomic E-state index is 12.4. The van der Waals surface area contributed by atoms with Crippen LogP contribution in [0.25, 0.3) is 0 Å². The number of morpholine rings is 1. The van der Waals surface area contributed by atoms with E-state index in [0.717, 1.165) is 73.3 Å². The van der Waals surface area contributed by atoms with Gasteiger partial charge in [-0.3, -0.25) is 4.98 Å². The lowest BCUT2D eigenvalue weighted by Gasteiger charge is -2.33. The van der Waals surface area contributed by atoms with Crippen LogP contribution < -0.4 is 15.0 Å². The van der Waals surface area contributed by atoms with Crippen molar-refractivity contribution in [1.29, 1.82) is 0 Å². The zero-order valence-corrected chi connectivity index (χ0v) is 20.2. The number of fused-ring (bicyclic) bond motifs is 2. The Labute approximate surface area is 200 Å². The molecule has 9 nitrogen and oxygen atoms in total. The van der Waals surface area contributed by atoms with Gasteiger partial charge in [0.1, 0.15) is 18.0 Å². The van der Waals surface area contributed by atoms with Crippen LogP contribution in [0.1, 0.15) is 50.8 Å². The van der Waals surface area contributed by atoms with Crippen molar-refractivity contribution in [2.24, 2.45) is 0 Å². The number of piperidine rings is 1. The first-order valence-corrected chi connectivity index (χ1v) is 12.1. The van der Waals surface area contributed by atoms with E-state index in [-0.39, 0.29) is 12.0 Å². The number of carbonyl (C=O) groups excluding carboxylic acids is 1. The second-order valence-corrected chi connectivity index (χ2v) is 10.0. The van der Waals surface area contributed by atoms with Crippen molar-refractivity contribution in [3.8, 4) is 5.75 Å². The molecule has 2 saturated heterocycles. The molecule has 182 valence electrons. The summed E-state index contributed by atoms with van der Waals surface area (Å²) < 4.78 is 17.2. The van der Waals surface area contributed by atoms with Crippen LogP contribution in [0.4, 0.5) is 22.0 Å². The minimum atomic E-state index is -0.482. The highest BCUT2D eigenvalue weighted by Crippen LogP contribution is 2.38. The summed E-state index contributed by atoms with van der Waals surface area (Å²) in [5.41, 5.74) is 3.59. The van der Waals surface area contributed by atoms with Crippen molar-refractivity contribution < 1.29 is 19.0 Å². The van der Waals surface area contributed by atoms with E-state index in [1.54, 1.807) is 11.1 Å². The second kappa shape index (κ2) is 9.29. The van der Waals surface area contributed by atoms with Crippen molar-refractivity contribution in [1.82, 2.24) is 14.9 Å². The molecule has 2 aromatic rings. The molecule has 5 rings (SSSR count). The Bertz CT molecular complexity index is 1040. The Hall–Kier alpha value is -3.07. The number of aromatic nitrogens is 2. The predicted molar refractivity (Wildman–Crippen MR) is 129 cm³/mol. The Kier molecular flexibility index (Phi) is 6.20. The van der Waals surface area contributed by atoms with Crippen LogP contribution in [0, 0.1) is 0 Å². The number of likely N-dealkylation sites (tertiary alicyclic amines) is 1. The van der Waals surface area contributed by atoms with Gasteiger partial charge >= 0.3 is 6.09 Å². The van der Waals surface area contributed by atoms with Crippen LogP contribution in [0.3, 0.4) is 0 Å². The van der Waals surface area contributed by atoms with Crippen LogP contribution >= 0.6 is 0 Å². The fraction of sp³-hybridized carbons (Fsp3) is 0.560. The largest absolute Gasteiger partial charge is 0.485 e. The fourth-order valence-electron chi connectivity index (χ4n) is 4.69. The molecule has 0 spiro atoms. The van der Waals surface area contributed by atoms with Crippen LogP contribution in [0.15, 0.2) is 24.5 Å². The van der Waals surface area contributed by atoms with E-state index in [9.17, 15) is 4.79 Å². The van der Waals surface area contributed by atoms with Gasteiger partial charge in [0.25, 0.3) is 0 Å². The van der Waals surface area contributed by atoms with Crippen LogP contribution in [-0.4, -0.2) is 66.0 Å². The summed E-state index contributed by atoms with van der Waals surface area (Å²) in [4.78, 5) is 25.8. The lowest BCUT2D eigenvalue weighted by atomic mass is 9.93. The first-order valence-electron chi connectivity index (χ1n) is 12.1. The molecule has 0 bridgehead atoms. The van der Waals surface area contributed by atoms with E-state index >= 15 is 0 Å². The molecule has 1 amide bonds. The summed E-state index contributed by atoms with van der Waals surface area (Å²) >= 11 is 0. The Morgan fingerprint density at radius 3 is 2.65 bits per heavy atom. The van der Waals surface area contributed by atoms with Gasteiger partial charge in [0.15, 0.2) is 5.75 Å². The molecule has 2 aromatic heterocycles.